The number of methoxy groups -OCH3 is 3. The summed E-state index contributed by atoms with van der Waals surface area (Å²) in [4.78, 5) is 4.16. The van der Waals surface area contributed by atoms with Crippen LogP contribution in [0.1, 0.15) is 11.1 Å². The average Bonchev–Trinajstić information content (AvgIpc) is 3.16. The van der Waals surface area contributed by atoms with E-state index in [2.05, 4.69) is 20.5 Å². The molecule has 2 N–H and O–H groups in total. The lowest BCUT2D eigenvalue weighted by Crippen LogP contribution is -2.13. The maximum Gasteiger partial charge on any atom is 0.203 e. The zero-order valence-electron chi connectivity index (χ0n) is 15.1. The second-order valence-electron chi connectivity index (χ2n) is 5.65. The molecular formula is C19H22N4O3. The normalized spacial score (nSPS) is 10.6. The van der Waals surface area contributed by atoms with E-state index in [-0.39, 0.29) is 0 Å². The number of H-pyrrole nitrogens is 1. The highest BCUT2D eigenvalue weighted by atomic mass is 16.5. The van der Waals surface area contributed by atoms with E-state index >= 15 is 0 Å². The Bertz CT molecular complexity index is 824. The third-order valence-corrected chi connectivity index (χ3v) is 4.04. The molecule has 7 heteroatoms. The molecule has 26 heavy (non-hydrogen) atoms. The molecule has 0 fully saturated rings. The fourth-order valence-electron chi connectivity index (χ4n) is 2.78. The Hall–Kier alpha value is -3.06. The zero-order valence-corrected chi connectivity index (χ0v) is 15.1. The molecule has 0 radical (unpaired) electrons. The zero-order chi connectivity index (χ0) is 18.4. The van der Waals surface area contributed by atoms with Crippen LogP contribution in [0.2, 0.25) is 0 Å². The molecule has 0 unspecified atom stereocenters. The Morgan fingerprint density at radius 1 is 1.00 bits per heavy atom. The van der Waals surface area contributed by atoms with Crippen molar-refractivity contribution >= 4 is 0 Å². The van der Waals surface area contributed by atoms with Gasteiger partial charge in [0.15, 0.2) is 11.5 Å². The average molecular weight is 354 g/mol. The van der Waals surface area contributed by atoms with Crippen molar-refractivity contribution < 1.29 is 14.2 Å². The van der Waals surface area contributed by atoms with Crippen molar-refractivity contribution in [2.24, 2.45) is 0 Å². The predicted octanol–water partition coefficient (Wildman–Crippen LogP) is 2.79. The van der Waals surface area contributed by atoms with Crippen LogP contribution < -0.4 is 19.5 Å². The third-order valence-electron chi connectivity index (χ3n) is 4.04. The highest BCUT2D eigenvalue weighted by molar-refractivity contribution is 5.61. The summed E-state index contributed by atoms with van der Waals surface area (Å²) in [5.41, 5.74) is 4.08. The number of aromatic nitrogens is 3. The first-order valence-corrected chi connectivity index (χ1v) is 8.19. The van der Waals surface area contributed by atoms with E-state index in [1.54, 1.807) is 27.5 Å². The van der Waals surface area contributed by atoms with Gasteiger partial charge in [-0.25, -0.2) is 0 Å². The van der Waals surface area contributed by atoms with Crippen molar-refractivity contribution in [1.29, 1.82) is 0 Å². The molecule has 0 saturated heterocycles. The lowest BCUT2D eigenvalue weighted by Gasteiger charge is -2.14. The van der Waals surface area contributed by atoms with Gasteiger partial charge in [-0.2, -0.15) is 5.10 Å². The van der Waals surface area contributed by atoms with Crippen molar-refractivity contribution in [1.82, 2.24) is 20.5 Å². The van der Waals surface area contributed by atoms with Gasteiger partial charge in [0.1, 0.15) is 0 Å². The number of hydrogen-bond donors (Lipinski definition) is 2. The second kappa shape index (κ2) is 8.35. The summed E-state index contributed by atoms with van der Waals surface area (Å²) in [5.74, 6) is 1.87. The lowest BCUT2D eigenvalue weighted by molar-refractivity contribution is 0.323. The molecule has 0 saturated carbocycles. The van der Waals surface area contributed by atoms with Crippen molar-refractivity contribution in [3.05, 3.63) is 54.0 Å². The van der Waals surface area contributed by atoms with E-state index in [0.717, 1.165) is 22.4 Å². The summed E-state index contributed by atoms with van der Waals surface area (Å²) in [6, 6.07) is 7.78. The van der Waals surface area contributed by atoms with Crippen LogP contribution in [0.3, 0.4) is 0 Å². The fourth-order valence-corrected chi connectivity index (χ4v) is 2.78. The van der Waals surface area contributed by atoms with Crippen molar-refractivity contribution in [2.45, 2.75) is 13.1 Å². The van der Waals surface area contributed by atoms with E-state index in [9.17, 15) is 0 Å². The van der Waals surface area contributed by atoms with Gasteiger partial charge >= 0.3 is 0 Å². The molecule has 0 amide bonds. The summed E-state index contributed by atoms with van der Waals surface area (Å²) >= 11 is 0. The van der Waals surface area contributed by atoms with E-state index < -0.39 is 0 Å². The number of hydrogen-bond acceptors (Lipinski definition) is 6. The predicted molar refractivity (Wildman–Crippen MR) is 98.5 cm³/mol. The van der Waals surface area contributed by atoms with Gasteiger partial charge < -0.3 is 19.5 Å². The standard InChI is InChI=1S/C19H22N4O3/c1-24-16-7-13(8-17(25-2)19(16)26-3)9-21-11-15-12-22-23-18(15)14-5-4-6-20-10-14/h4-8,10,12,21H,9,11H2,1-3H3,(H,22,23). The van der Waals surface area contributed by atoms with Gasteiger partial charge in [-0.05, 0) is 29.8 Å². The molecule has 0 atom stereocenters. The molecule has 7 nitrogen and oxygen atoms in total. The van der Waals surface area contributed by atoms with Crippen molar-refractivity contribution in [3.63, 3.8) is 0 Å². The Morgan fingerprint density at radius 3 is 2.38 bits per heavy atom. The van der Waals surface area contributed by atoms with Crippen molar-refractivity contribution in [3.8, 4) is 28.5 Å². The summed E-state index contributed by atoms with van der Waals surface area (Å²) in [7, 11) is 4.82. The molecule has 3 aromatic rings. The van der Waals surface area contributed by atoms with Gasteiger partial charge in [-0.15, -0.1) is 0 Å². The molecule has 0 aliphatic heterocycles. The van der Waals surface area contributed by atoms with Crippen LogP contribution in [0.25, 0.3) is 11.3 Å². The van der Waals surface area contributed by atoms with Crippen LogP contribution in [0, 0.1) is 0 Å². The highest BCUT2D eigenvalue weighted by Gasteiger charge is 2.13. The molecule has 3 rings (SSSR count). The molecule has 0 aliphatic carbocycles. The molecular weight excluding hydrogens is 332 g/mol. The minimum absolute atomic E-state index is 0.590. The number of nitrogens with one attached hydrogen (secondary N) is 2. The maximum absolute atomic E-state index is 5.39. The van der Waals surface area contributed by atoms with Gasteiger partial charge in [0.2, 0.25) is 5.75 Å². The molecule has 0 aliphatic rings. The van der Waals surface area contributed by atoms with Crippen LogP contribution >= 0.6 is 0 Å². The number of nitrogens with zero attached hydrogens (tertiary/aromatic N) is 2. The SMILES string of the molecule is COc1cc(CNCc2cn[nH]c2-c2cccnc2)cc(OC)c1OC. The van der Waals surface area contributed by atoms with E-state index in [0.29, 0.717) is 30.3 Å². The van der Waals surface area contributed by atoms with Crippen LogP contribution in [0.4, 0.5) is 0 Å². The molecule has 1 aromatic carbocycles. The van der Waals surface area contributed by atoms with Gasteiger partial charge in [0.25, 0.3) is 0 Å². The van der Waals surface area contributed by atoms with Crippen LogP contribution in [0.5, 0.6) is 17.2 Å². The fraction of sp³-hybridized carbons (Fsp3) is 0.263. The summed E-state index contributed by atoms with van der Waals surface area (Å²) in [5, 5.41) is 10.6. The summed E-state index contributed by atoms with van der Waals surface area (Å²) < 4.78 is 16.1. The van der Waals surface area contributed by atoms with Gasteiger partial charge in [-0.3, -0.25) is 10.1 Å². The van der Waals surface area contributed by atoms with Crippen LogP contribution in [-0.4, -0.2) is 36.5 Å². The summed E-state index contributed by atoms with van der Waals surface area (Å²) in [6.45, 7) is 1.31. The van der Waals surface area contributed by atoms with E-state index in [1.165, 1.54) is 0 Å². The Morgan fingerprint density at radius 2 is 1.77 bits per heavy atom. The Kier molecular flexibility index (Phi) is 5.70. The minimum Gasteiger partial charge on any atom is -0.493 e. The highest BCUT2D eigenvalue weighted by Crippen LogP contribution is 2.38. The van der Waals surface area contributed by atoms with Gasteiger partial charge in [0, 0.05) is 36.6 Å². The number of aromatic amines is 1. The molecule has 2 aromatic heterocycles. The largest absolute Gasteiger partial charge is 0.493 e. The molecule has 0 bridgehead atoms. The smallest absolute Gasteiger partial charge is 0.203 e. The van der Waals surface area contributed by atoms with Crippen LogP contribution in [-0.2, 0) is 13.1 Å². The van der Waals surface area contributed by atoms with Gasteiger partial charge in [-0.1, -0.05) is 0 Å². The van der Waals surface area contributed by atoms with Crippen molar-refractivity contribution in [2.75, 3.05) is 21.3 Å². The van der Waals surface area contributed by atoms with E-state index in [1.807, 2.05) is 36.7 Å². The maximum atomic E-state index is 5.39. The first-order chi connectivity index (χ1) is 12.8. The number of pyridine rings is 1. The number of benzene rings is 1. The molecule has 2 heterocycles. The number of rotatable bonds is 8. The van der Waals surface area contributed by atoms with E-state index in [4.69, 9.17) is 14.2 Å². The Balaban J connectivity index is 1.71. The second-order valence-corrected chi connectivity index (χ2v) is 5.65. The quantitative estimate of drug-likeness (QED) is 0.647. The minimum atomic E-state index is 0.590. The molecule has 136 valence electrons. The molecule has 0 spiro atoms. The Labute approximate surface area is 152 Å². The lowest BCUT2D eigenvalue weighted by atomic mass is 10.1. The first kappa shape index (κ1) is 17.8. The third kappa shape index (κ3) is 3.78. The van der Waals surface area contributed by atoms with Gasteiger partial charge in [0.05, 0.1) is 33.2 Å². The number of ether oxygens (including phenoxy) is 3. The monoisotopic (exact) mass is 354 g/mol. The van der Waals surface area contributed by atoms with Crippen LogP contribution in [0.15, 0.2) is 42.9 Å². The first-order valence-electron chi connectivity index (χ1n) is 8.19. The summed E-state index contributed by atoms with van der Waals surface area (Å²) in [6.07, 6.45) is 5.39. The topological polar surface area (TPSA) is 81.3 Å².